The normalized spacial score (nSPS) is 10.6. The summed E-state index contributed by atoms with van der Waals surface area (Å²) in [4.78, 5) is 0. The minimum absolute atomic E-state index is 0.751. The molecule has 0 aliphatic heterocycles. The van der Waals surface area contributed by atoms with E-state index in [0.29, 0.717) is 0 Å². The SMILES string of the molecule is Clc1ccccc1NC/C=C/c1ccccc1. The fourth-order valence-corrected chi connectivity index (χ4v) is 1.74. The number of hydrogen-bond acceptors (Lipinski definition) is 1. The van der Waals surface area contributed by atoms with Crippen LogP contribution in [0.5, 0.6) is 0 Å². The van der Waals surface area contributed by atoms with Crippen LogP contribution < -0.4 is 5.32 Å². The molecule has 0 saturated carbocycles. The topological polar surface area (TPSA) is 12.0 Å². The van der Waals surface area contributed by atoms with E-state index in [1.807, 2.05) is 42.5 Å². The van der Waals surface area contributed by atoms with Crippen LogP contribution >= 0.6 is 11.6 Å². The molecule has 0 atom stereocenters. The Morgan fingerprint density at radius 1 is 0.941 bits per heavy atom. The summed E-state index contributed by atoms with van der Waals surface area (Å²) >= 11 is 6.03. The van der Waals surface area contributed by atoms with E-state index in [9.17, 15) is 0 Å². The lowest BCUT2D eigenvalue weighted by Crippen LogP contribution is -1.98. The zero-order valence-corrected chi connectivity index (χ0v) is 10.2. The molecule has 0 unspecified atom stereocenters. The zero-order chi connectivity index (χ0) is 11.9. The van der Waals surface area contributed by atoms with Crippen molar-refractivity contribution in [3.63, 3.8) is 0 Å². The second-order valence-corrected chi connectivity index (χ2v) is 4.08. The Labute approximate surface area is 107 Å². The van der Waals surface area contributed by atoms with E-state index in [0.717, 1.165) is 17.3 Å². The minimum atomic E-state index is 0.751. The van der Waals surface area contributed by atoms with Gasteiger partial charge in [0.2, 0.25) is 0 Å². The lowest BCUT2D eigenvalue weighted by Gasteiger charge is -2.04. The van der Waals surface area contributed by atoms with E-state index in [1.165, 1.54) is 5.56 Å². The Morgan fingerprint density at radius 3 is 2.41 bits per heavy atom. The van der Waals surface area contributed by atoms with Crippen LogP contribution in [0, 0.1) is 0 Å². The molecule has 0 saturated heterocycles. The van der Waals surface area contributed by atoms with Crippen molar-refractivity contribution >= 4 is 23.4 Å². The molecular formula is C15H14ClN. The van der Waals surface area contributed by atoms with Crippen molar-refractivity contribution in [3.8, 4) is 0 Å². The predicted molar refractivity (Wildman–Crippen MR) is 75.4 cm³/mol. The van der Waals surface area contributed by atoms with Gasteiger partial charge in [-0.15, -0.1) is 0 Å². The molecule has 0 heterocycles. The minimum Gasteiger partial charge on any atom is -0.380 e. The van der Waals surface area contributed by atoms with Gasteiger partial charge in [0.25, 0.3) is 0 Å². The van der Waals surface area contributed by atoms with Crippen LogP contribution in [0.4, 0.5) is 5.69 Å². The lowest BCUT2D eigenvalue weighted by atomic mass is 10.2. The van der Waals surface area contributed by atoms with Crippen LogP contribution in [0.1, 0.15) is 5.56 Å². The monoisotopic (exact) mass is 243 g/mol. The van der Waals surface area contributed by atoms with Crippen LogP contribution in [0.3, 0.4) is 0 Å². The van der Waals surface area contributed by atoms with E-state index < -0.39 is 0 Å². The van der Waals surface area contributed by atoms with Gasteiger partial charge in [-0.3, -0.25) is 0 Å². The quantitative estimate of drug-likeness (QED) is 0.836. The van der Waals surface area contributed by atoms with Gasteiger partial charge < -0.3 is 5.32 Å². The fourth-order valence-electron chi connectivity index (χ4n) is 1.53. The van der Waals surface area contributed by atoms with Crippen LogP contribution in [0.2, 0.25) is 5.02 Å². The molecule has 2 aromatic rings. The average Bonchev–Trinajstić information content (AvgIpc) is 2.38. The van der Waals surface area contributed by atoms with E-state index in [2.05, 4.69) is 29.6 Å². The predicted octanol–water partition coefficient (Wildman–Crippen LogP) is 4.47. The number of hydrogen-bond donors (Lipinski definition) is 1. The first kappa shape index (κ1) is 11.7. The van der Waals surface area contributed by atoms with Gasteiger partial charge in [0.05, 0.1) is 10.7 Å². The second kappa shape index (κ2) is 6.12. The Balaban J connectivity index is 1.88. The molecule has 1 N–H and O–H groups in total. The first-order chi connectivity index (χ1) is 8.36. The summed E-state index contributed by atoms with van der Waals surface area (Å²) in [5.74, 6) is 0. The molecule has 17 heavy (non-hydrogen) atoms. The van der Waals surface area contributed by atoms with Crippen molar-refractivity contribution in [3.05, 3.63) is 71.3 Å². The molecule has 2 heteroatoms. The molecule has 0 fully saturated rings. The van der Waals surface area contributed by atoms with E-state index in [1.54, 1.807) is 0 Å². The Hall–Kier alpha value is -1.73. The number of rotatable bonds is 4. The number of nitrogens with one attached hydrogen (secondary N) is 1. The average molecular weight is 244 g/mol. The number of anilines is 1. The van der Waals surface area contributed by atoms with Crippen molar-refractivity contribution in [1.29, 1.82) is 0 Å². The van der Waals surface area contributed by atoms with E-state index in [4.69, 9.17) is 11.6 Å². The molecule has 86 valence electrons. The van der Waals surface area contributed by atoms with Crippen LogP contribution in [-0.2, 0) is 0 Å². The summed E-state index contributed by atoms with van der Waals surface area (Å²) in [5.41, 5.74) is 2.17. The van der Waals surface area contributed by atoms with Crippen molar-refractivity contribution in [2.24, 2.45) is 0 Å². The second-order valence-electron chi connectivity index (χ2n) is 3.67. The van der Waals surface area contributed by atoms with Gasteiger partial charge in [-0.1, -0.05) is 66.2 Å². The maximum absolute atomic E-state index is 6.03. The molecule has 0 bridgehead atoms. The molecule has 1 nitrogen and oxygen atoms in total. The highest BCUT2D eigenvalue weighted by Crippen LogP contribution is 2.19. The smallest absolute Gasteiger partial charge is 0.0637 e. The van der Waals surface area contributed by atoms with E-state index in [-0.39, 0.29) is 0 Å². The summed E-state index contributed by atoms with van der Waals surface area (Å²) in [6.45, 7) is 0.763. The van der Waals surface area contributed by atoms with Crippen LogP contribution in [0.15, 0.2) is 60.7 Å². The molecule has 2 aromatic carbocycles. The third-order valence-corrected chi connectivity index (χ3v) is 2.72. The highest BCUT2D eigenvalue weighted by Gasteiger charge is 1.94. The summed E-state index contributed by atoms with van der Waals surface area (Å²) in [6, 6.07) is 18.0. The first-order valence-electron chi connectivity index (χ1n) is 5.56. The maximum Gasteiger partial charge on any atom is 0.0637 e. The molecule has 0 spiro atoms. The highest BCUT2D eigenvalue weighted by atomic mass is 35.5. The summed E-state index contributed by atoms with van der Waals surface area (Å²) < 4.78 is 0. The Bertz CT molecular complexity index is 491. The van der Waals surface area contributed by atoms with Crippen molar-refractivity contribution in [1.82, 2.24) is 0 Å². The third-order valence-electron chi connectivity index (χ3n) is 2.39. The fraction of sp³-hybridized carbons (Fsp3) is 0.0667. The summed E-state index contributed by atoms with van der Waals surface area (Å²) in [7, 11) is 0. The molecule has 2 rings (SSSR count). The molecule has 0 radical (unpaired) electrons. The summed E-state index contributed by atoms with van der Waals surface area (Å²) in [6.07, 6.45) is 4.17. The van der Waals surface area contributed by atoms with Crippen molar-refractivity contribution in [2.45, 2.75) is 0 Å². The van der Waals surface area contributed by atoms with Gasteiger partial charge in [0, 0.05) is 6.54 Å². The van der Waals surface area contributed by atoms with Gasteiger partial charge >= 0.3 is 0 Å². The van der Waals surface area contributed by atoms with Gasteiger partial charge in [0.15, 0.2) is 0 Å². The van der Waals surface area contributed by atoms with Gasteiger partial charge in [-0.05, 0) is 17.7 Å². The molecule has 0 aliphatic rings. The number of benzene rings is 2. The van der Waals surface area contributed by atoms with Crippen molar-refractivity contribution in [2.75, 3.05) is 11.9 Å². The molecule has 0 amide bonds. The first-order valence-corrected chi connectivity index (χ1v) is 5.94. The van der Waals surface area contributed by atoms with Crippen LogP contribution in [-0.4, -0.2) is 6.54 Å². The molecular weight excluding hydrogens is 230 g/mol. The number of para-hydroxylation sites is 1. The zero-order valence-electron chi connectivity index (χ0n) is 9.44. The lowest BCUT2D eigenvalue weighted by molar-refractivity contribution is 1.34. The van der Waals surface area contributed by atoms with Gasteiger partial charge in [0.1, 0.15) is 0 Å². The molecule has 0 aromatic heterocycles. The standard InChI is InChI=1S/C15H14ClN/c16-14-10-4-5-11-15(14)17-12-6-9-13-7-2-1-3-8-13/h1-11,17H,12H2/b9-6+. The number of halogens is 1. The highest BCUT2D eigenvalue weighted by molar-refractivity contribution is 6.33. The van der Waals surface area contributed by atoms with Crippen LogP contribution in [0.25, 0.3) is 6.08 Å². The summed E-state index contributed by atoms with van der Waals surface area (Å²) in [5, 5.41) is 4.01. The third kappa shape index (κ3) is 3.65. The van der Waals surface area contributed by atoms with Crippen molar-refractivity contribution < 1.29 is 0 Å². The van der Waals surface area contributed by atoms with E-state index >= 15 is 0 Å². The van der Waals surface area contributed by atoms with Gasteiger partial charge in [-0.25, -0.2) is 0 Å². The maximum atomic E-state index is 6.03. The Morgan fingerprint density at radius 2 is 1.65 bits per heavy atom. The molecule has 0 aliphatic carbocycles. The largest absolute Gasteiger partial charge is 0.380 e. The van der Waals surface area contributed by atoms with Gasteiger partial charge in [-0.2, -0.15) is 0 Å². The Kier molecular flexibility index (Phi) is 4.23.